The van der Waals surface area contributed by atoms with Crippen LogP contribution in [0.5, 0.6) is 5.75 Å². The highest BCUT2D eigenvalue weighted by molar-refractivity contribution is 5.78. The monoisotopic (exact) mass is 449 g/mol. The van der Waals surface area contributed by atoms with E-state index in [4.69, 9.17) is 4.74 Å². The molecule has 0 radical (unpaired) electrons. The van der Waals surface area contributed by atoms with Gasteiger partial charge in [0.05, 0.1) is 17.7 Å². The number of hydrogen-bond acceptors (Lipinski definition) is 6. The number of nitro groups is 1. The van der Waals surface area contributed by atoms with Crippen LogP contribution >= 0.6 is 0 Å². The molecule has 3 aromatic rings. The van der Waals surface area contributed by atoms with E-state index in [1.807, 2.05) is 19.2 Å². The predicted octanol–water partition coefficient (Wildman–Crippen LogP) is 4.03. The summed E-state index contributed by atoms with van der Waals surface area (Å²) in [5, 5.41) is 11.0. The molecule has 0 saturated carbocycles. The maximum absolute atomic E-state index is 13.0. The predicted molar refractivity (Wildman–Crippen MR) is 124 cm³/mol. The zero-order chi connectivity index (χ0) is 23.4. The van der Waals surface area contributed by atoms with Crippen molar-refractivity contribution >= 4 is 11.7 Å². The van der Waals surface area contributed by atoms with Gasteiger partial charge in [0.15, 0.2) is 0 Å². The fourth-order valence-electron chi connectivity index (χ4n) is 4.19. The molecule has 33 heavy (non-hydrogen) atoms. The third kappa shape index (κ3) is 5.20. The number of carbonyl (C=O) groups excluding carboxylic acids is 1. The van der Waals surface area contributed by atoms with Gasteiger partial charge in [0, 0.05) is 56.6 Å². The maximum atomic E-state index is 13.0. The van der Waals surface area contributed by atoms with Crippen molar-refractivity contribution in [2.75, 3.05) is 27.2 Å². The van der Waals surface area contributed by atoms with Crippen molar-refractivity contribution in [1.82, 2.24) is 19.4 Å². The Morgan fingerprint density at radius 1 is 1.21 bits per heavy atom. The fourth-order valence-corrected chi connectivity index (χ4v) is 4.19. The van der Waals surface area contributed by atoms with Gasteiger partial charge in [-0.3, -0.25) is 19.6 Å². The number of rotatable bonds is 6. The minimum Gasteiger partial charge on any atom is -0.497 e. The molecule has 2 heterocycles. The summed E-state index contributed by atoms with van der Waals surface area (Å²) in [5.41, 5.74) is 2.33. The molecule has 172 valence electrons. The summed E-state index contributed by atoms with van der Waals surface area (Å²) in [6.07, 6.45) is 4.86. The average Bonchev–Trinajstić information content (AvgIpc) is 3.34. The largest absolute Gasteiger partial charge is 0.497 e. The van der Waals surface area contributed by atoms with Gasteiger partial charge in [-0.05, 0) is 30.5 Å². The van der Waals surface area contributed by atoms with Gasteiger partial charge in [-0.15, -0.1) is 0 Å². The first kappa shape index (κ1) is 22.5. The van der Waals surface area contributed by atoms with Crippen LogP contribution in [0.15, 0.2) is 61.1 Å². The molecule has 0 unspecified atom stereocenters. The molecule has 1 amide bonds. The van der Waals surface area contributed by atoms with E-state index in [0.29, 0.717) is 11.3 Å². The van der Waals surface area contributed by atoms with E-state index >= 15 is 0 Å². The average molecular weight is 450 g/mol. The standard InChI is InChI=1S/C24H27N5O4/c1-26(20-9-11-27(12-10-20)15-18-5-3-8-22(13-18)33-2)24(30)28-16-23(25-17-28)19-6-4-7-21(14-19)29(31)32/h3-8,13-14,16-17,20H,9-12,15H2,1-2H3. The highest BCUT2D eigenvalue weighted by Gasteiger charge is 2.26. The second kappa shape index (κ2) is 9.83. The van der Waals surface area contributed by atoms with Crippen molar-refractivity contribution < 1.29 is 14.5 Å². The number of methoxy groups -OCH3 is 1. The number of aromatic nitrogens is 2. The number of nitrogens with zero attached hydrogens (tertiary/aromatic N) is 5. The smallest absolute Gasteiger partial charge is 0.329 e. The number of nitro benzene ring substituents is 1. The number of hydrogen-bond donors (Lipinski definition) is 0. The molecule has 9 heteroatoms. The summed E-state index contributed by atoms with van der Waals surface area (Å²) >= 11 is 0. The number of benzene rings is 2. The van der Waals surface area contributed by atoms with Crippen molar-refractivity contribution in [2.45, 2.75) is 25.4 Å². The third-order valence-corrected chi connectivity index (χ3v) is 6.10. The first-order chi connectivity index (χ1) is 15.9. The summed E-state index contributed by atoms with van der Waals surface area (Å²) in [5.74, 6) is 0.859. The molecule has 9 nitrogen and oxygen atoms in total. The van der Waals surface area contributed by atoms with Crippen molar-refractivity contribution in [2.24, 2.45) is 0 Å². The molecule has 1 aromatic heterocycles. The van der Waals surface area contributed by atoms with Crippen molar-refractivity contribution in [3.8, 4) is 17.0 Å². The van der Waals surface area contributed by atoms with Crippen LogP contribution in [0.4, 0.5) is 10.5 Å². The molecule has 1 fully saturated rings. The summed E-state index contributed by atoms with van der Waals surface area (Å²) < 4.78 is 6.75. The van der Waals surface area contributed by atoms with Gasteiger partial charge in [-0.1, -0.05) is 24.3 Å². The van der Waals surface area contributed by atoms with E-state index in [-0.39, 0.29) is 17.8 Å². The normalized spacial score (nSPS) is 14.7. The maximum Gasteiger partial charge on any atom is 0.329 e. The number of imidazole rings is 1. The number of likely N-dealkylation sites (tertiary alicyclic amines) is 1. The Hall–Kier alpha value is -3.72. The fraction of sp³-hybridized carbons (Fsp3) is 0.333. The van der Waals surface area contributed by atoms with Crippen LogP contribution in [0.3, 0.4) is 0 Å². The van der Waals surface area contributed by atoms with Crippen LogP contribution in [-0.2, 0) is 6.54 Å². The Labute approximate surface area is 192 Å². The quantitative estimate of drug-likeness (QED) is 0.417. The molecule has 0 spiro atoms. The molecular formula is C24H27N5O4. The van der Waals surface area contributed by atoms with Crippen LogP contribution in [0, 0.1) is 10.1 Å². The molecule has 0 aliphatic carbocycles. The lowest BCUT2D eigenvalue weighted by atomic mass is 10.0. The van der Waals surface area contributed by atoms with E-state index in [9.17, 15) is 14.9 Å². The lowest BCUT2D eigenvalue weighted by Gasteiger charge is -2.36. The van der Waals surface area contributed by atoms with Crippen molar-refractivity contribution in [1.29, 1.82) is 0 Å². The van der Waals surface area contributed by atoms with E-state index in [1.54, 1.807) is 30.3 Å². The minimum atomic E-state index is -0.444. The zero-order valence-corrected chi connectivity index (χ0v) is 18.8. The van der Waals surface area contributed by atoms with E-state index in [1.165, 1.54) is 28.6 Å². The third-order valence-electron chi connectivity index (χ3n) is 6.10. The van der Waals surface area contributed by atoms with Gasteiger partial charge in [0.2, 0.25) is 0 Å². The lowest BCUT2D eigenvalue weighted by molar-refractivity contribution is -0.384. The Balaban J connectivity index is 1.35. The molecule has 0 N–H and O–H groups in total. The molecular weight excluding hydrogens is 422 g/mol. The Kier molecular flexibility index (Phi) is 6.69. The number of piperidine rings is 1. The first-order valence-electron chi connectivity index (χ1n) is 10.9. The van der Waals surface area contributed by atoms with Crippen LogP contribution in [0.25, 0.3) is 11.3 Å². The van der Waals surface area contributed by atoms with Crippen LogP contribution in [0.1, 0.15) is 18.4 Å². The topological polar surface area (TPSA) is 93.7 Å². The van der Waals surface area contributed by atoms with E-state index < -0.39 is 4.92 Å². The highest BCUT2D eigenvalue weighted by atomic mass is 16.6. The first-order valence-corrected chi connectivity index (χ1v) is 10.9. The second-order valence-electron chi connectivity index (χ2n) is 8.23. The van der Waals surface area contributed by atoms with E-state index in [2.05, 4.69) is 22.0 Å². The summed E-state index contributed by atoms with van der Waals surface area (Å²) in [7, 11) is 3.49. The Morgan fingerprint density at radius 3 is 2.70 bits per heavy atom. The molecule has 1 aliphatic heterocycles. The van der Waals surface area contributed by atoms with Crippen molar-refractivity contribution in [3.05, 3.63) is 76.7 Å². The van der Waals surface area contributed by atoms with Crippen LogP contribution < -0.4 is 4.74 Å². The summed E-state index contributed by atoms with van der Waals surface area (Å²) in [6, 6.07) is 14.3. The van der Waals surface area contributed by atoms with Gasteiger partial charge in [0.1, 0.15) is 12.1 Å². The SMILES string of the molecule is COc1cccc(CN2CCC(N(C)C(=O)n3cnc(-c4cccc([N+](=O)[O-])c4)c3)CC2)c1. The van der Waals surface area contributed by atoms with Gasteiger partial charge in [0.25, 0.3) is 5.69 Å². The lowest BCUT2D eigenvalue weighted by Crippen LogP contribution is -2.46. The number of ether oxygens (including phenoxy) is 1. The molecule has 0 atom stereocenters. The van der Waals surface area contributed by atoms with Gasteiger partial charge >= 0.3 is 6.03 Å². The summed E-state index contributed by atoms with van der Waals surface area (Å²) in [6.45, 7) is 2.67. The second-order valence-corrected chi connectivity index (χ2v) is 8.23. The highest BCUT2D eigenvalue weighted by Crippen LogP contribution is 2.24. The zero-order valence-electron chi connectivity index (χ0n) is 18.8. The summed E-state index contributed by atoms with van der Waals surface area (Å²) in [4.78, 5) is 32.0. The van der Waals surface area contributed by atoms with Gasteiger partial charge in [-0.2, -0.15) is 0 Å². The number of carbonyl (C=O) groups is 1. The molecule has 0 bridgehead atoms. The molecule has 4 rings (SSSR count). The molecule has 1 aliphatic rings. The molecule has 1 saturated heterocycles. The number of non-ortho nitro benzene ring substituents is 1. The minimum absolute atomic E-state index is 0.00815. The number of amides is 1. The van der Waals surface area contributed by atoms with E-state index in [0.717, 1.165) is 38.2 Å². The Morgan fingerprint density at radius 2 is 1.97 bits per heavy atom. The van der Waals surface area contributed by atoms with Crippen molar-refractivity contribution in [3.63, 3.8) is 0 Å². The molecule has 2 aromatic carbocycles. The van der Waals surface area contributed by atoms with Crippen LogP contribution in [0.2, 0.25) is 0 Å². The Bertz CT molecular complexity index is 1140. The van der Waals surface area contributed by atoms with Crippen LogP contribution in [-0.4, -0.2) is 63.6 Å². The van der Waals surface area contributed by atoms with Gasteiger partial charge in [-0.25, -0.2) is 9.78 Å². The van der Waals surface area contributed by atoms with Gasteiger partial charge < -0.3 is 9.64 Å².